The van der Waals surface area contributed by atoms with Gasteiger partial charge in [0, 0.05) is 31.6 Å². The minimum Gasteiger partial charge on any atom is -0.445 e. The summed E-state index contributed by atoms with van der Waals surface area (Å²) in [5.74, 6) is 0.712. The number of likely N-dealkylation sites (tertiary alicyclic amines) is 1. The molecule has 0 saturated carbocycles. The van der Waals surface area contributed by atoms with E-state index in [2.05, 4.69) is 18.7 Å². The molecule has 2 atom stereocenters. The molecule has 3 rings (SSSR count). The summed E-state index contributed by atoms with van der Waals surface area (Å²) in [5, 5.41) is 0. The number of hydrogen-bond donors (Lipinski definition) is 0. The number of carbonyl (C=O) groups is 1. The zero-order chi connectivity index (χ0) is 14.2. The van der Waals surface area contributed by atoms with Crippen LogP contribution in [0.4, 0.5) is 4.79 Å². The summed E-state index contributed by atoms with van der Waals surface area (Å²) in [6, 6.07) is 0. The van der Waals surface area contributed by atoms with Gasteiger partial charge in [-0.2, -0.15) is 0 Å². The van der Waals surface area contributed by atoms with Gasteiger partial charge in [-0.15, -0.1) is 0 Å². The van der Waals surface area contributed by atoms with Crippen molar-refractivity contribution in [2.45, 2.75) is 64.0 Å². The van der Waals surface area contributed by atoms with Gasteiger partial charge >= 0.3 is 6.09 Å². The highest BCUT2D eigenvalue weighted by Crippen LogP contribution is 2.44. The average Bonchev–Trinajstić information content (AvgIpc) is 3.02. The molecule has 20 heavy (non-hydrogen) atoms. The first-order chi connectivity index (χ1) is 9.59. The third-order valence-electron chi connectivity index (χ3n) is 5.19. The predicted octanol–water partition coefficient (Wildman–Crippen LogP) is 2.87. The van der Waals surface area contributed by atoms with Crippen molar-refractivity contribution in [2.24, 2.45) is 5.92 Å². The molecule has 0 aromatic rings. The van der Waals surface area contributed by atoms with Crippen LogP contribution in [0, 0.1) is 5.92 Å². The van der Waals surface area contributed by atoms with Gasteiger partial charge in [0.05, 0.1) is 0 Å². The first-order valence-corrected chi connectivity index (χ1v) is 8.30. The molecule has 0 aromatic carbocycles. The molecule has 3 heterocycles. The molecule has 114 valence electrons. The molecule has 0 bridgehead atoms. The molecule has 0 unspecified atom stereocenters. The van der Waals surface area contributed by atoms with E-state index in [0.717, 1.165) is 38.9 Å². The van der Waals surface area contributed by atoms with Gasteiger partial charge in [0.2, 0.25) is 0 Å². The number of ether oxygens (including phenoxy) is 1. The molecule has 0 radical (unpaired) electrons. The Morgan fingerprint density at radius 3 is 2.70 bits per heavy atom. The normalized spacial score (nSPS) is 34.0. The molecule has 3 saturated heterocycles. The fraction of sp³-hybridized carbons (Fsp3) is 0.938. The number of hydrogen-bond acceptors (Lipinski definition) is 3. The van der Waals surface area contributed by atoms with Gasteiger partial charge in [-0.3, -0.25) is 4.90 Å². The van der Waals surface area contributed by atoms with Gasteiger partial charge in [0.25, 0.3) is 0 Å². The summed E-state index contributed by atoms with van der Waals surface area (Å²) in [6.07, 6.45) is 7.17. The second kappa shape index (κ2) is 5.55. The van der Waals surface area contributed by atoms with Gasteiger partial charge < -0.3 is 9.64 Å². The second-order valence-electron chi connectivity index (χ2n) is 7.28. The Bertz CT molecular complexity index is 365. The lowest BCUT2D eigenvalue weighted by atomic mass is 9.85. The van der Waals surface area contributed by atoms with E-state index in [1.54, 1.807) is 0 Å². The fourth-order valence-electron chi connectivity index (χ4n) is 4.51. The molecule has 1 amide bonds. The van der Waals surface area contributed by atoms with E-state index in [1.807, 2.05) is 4.90 Å². The van der Waals surface area contributed by atoms with E-state index in [1.165, 1.54) is 25.8 Å². The molecule has 3 aliphatic heterocycles. The Hall–Kier alpha value is -0.770. The van der Waals surface area contributed by atoms with Gasteiger partial charge in [-0.05, 0) is 44.6 Å². The quantitative estimate of drug-likeness (QED) is 0.797. The minimum atomic E-state index is -0.0756. The zero-order valence-electron chi connectivity index (χ0n) is 12.9. The number of amides is 1. The Morgan fingerprint density at radius 1 is 1.25 bits per heavy atom. The smallest absolute Gasteiger partial charge is 0.410 e. The number of rotatable bonds is 3. The van der Waals surface area contributed by atoms with Crippen LogP contribution in [-0.2, 0) is 4.74 Å². The lowest BCUT2D eigenvalue weighted by molar-refractivity contribution is 0.0709. The number of carbonyl (C=O) groups excluding carboxylic acids is 1. The van der Waals surface area contributed by atoms with Gasteiger partial charge in [0.15, 0.2) is 0 Å². The molecule has 0 spiro atoms. The van der Waals surface area contributed by atoms with Crippen molar-refractivity contribution < 1.29 is 9.53 Å². The van der Waals surface area contributed by atoms with Crippen LogP contribution in [0.15, 0.2) is 0 Å². The highest BCUT2D eigenvalue weighted by atomic mass is 16.6. The third kappa shape index (κ3) is 2.67. The largest absolute Gasteiger partial charge is 0.445 e. The Balaban J connectivity index is 1.59. The first kappa shape index (κ1) is 14.2. The van der Waals surface area contributed by atoms with Crippen molar-refractivity contribution in [3.8, 4) is 0 Å². The molecule has 4 heteroatoms. The maximum absolute atomic E-state index is 12.1. The maximum atomic E-state index is 12.1. The zero-order valence-corrected chi connectivity index (χ0v) is 12.9. The molecule has 3 aliphatic rings. The summed E-state index contributed by atoms with van der Waals surface area (Å²) >= 11 is 0. The molecular weight excluding hydrogens is 252 g/mol. The molecule has 4 nitrogen and oxygen atoms in total. The monoisotopic (exact) mass is 280 g/mol. The van der Waals surface area contributed by atoms with E-state index in [-0.39, 0.29) is 12.2 Å². The van der Waals surface area contributed by atoms with Crippen LogP contribution in [0.2, 0.25) is 0 Å². The van der Waals surface area contributed by atoms with E-state index < -0.39 is 0 Å². The van der Waals surface area contributed by atoms with Crippen molar-refractivity contribution >= 4 is 6.09 Å². The van der Waals surface area contributed by atoms with E-state index in [0.29, 0.717) is 11.5 Å². The Labute approximate surface area is 122 Å². The lowest BCUT2D eigenvalue weighted by Crippen LogP contribution is -2.39. The van der Waals surface area contributed by atoms with Crippen LogP contribution in [0.25, 0.3) is 0 Å². The van der Waals surface area contributed by atoms with Crippen LogP contribution in [0.3, 0.4) is 0 Å². The topological polar surface area (TPSA) is 32.8 Å². The van der Waals surface area contributed by atoms with Crippen molar-refractivity contribution in [1.82, 2.24) is 9.80 Å². The van der Waals surface area contributed by atoms with E-state index >= 15 is 0 Å². The van der Waals surface area contributed by atoms with Gasteiger partial charge in [-0.1, -0.05) is 13.8 Å². The molecule has 0 N–H and O–H groups in total. The molecule has 3 fully saturated rings. The predicted molar refractivity (Wildman–Crippen MR) is 78.7 cm³/mol. The molecule has 0 aromatic heterocycles. The van der Waals surface area contributed by atoms with Crippen LogP contribution in [0.1, 0.15) is 52.4 Å². The van der Waals surface area contributed by atoms with Crippen molar-refractivity contribution in [3.05, 3.63) is 0 Å². The van der Waals surface area contributed by atoms with Crippen molar-refractivity contribution in [3.63, 3.8) is 0 Å². The minimum absolute atomic E-state index is 0.0756. The lowest BCUT2D eigenvalue weighted by Gasteiger charge is -2.33. The van der Waals surface area contributed by atoms with Crippen LogP contribution < -0.4 is 0 Å². The summed E-state index contributed by atoms with van der Waals surface area (Å²) in [4.78, 5) is 16.6. The van der Waals surface area contributed by atoms with Crippen LogP contribution in [0.5, 0.6) is 0 Å². The highest BCUT2D eigenvalue weighted by Gasteiger charge is 2.49. The Morgan fingerprint density at radius 2 is 2.00 bits per heavy atom. The average molecular weight is 280 g/mol. The maximum Gasteiger partial charge on any atom is 0.410 e. The van der Waals surface area contributed by atoms with Gasteiger partial charge in [0.1, 0.15) is 6.10 Å². The standard InChI is InChI=1S/C16H28N2O2/c1-13(2)10-16-6-5-9-18(16)12-14(11-16)20-15(19)17-7-3-4-8-17/h13-14H,3-12H2,1-2H3/t14-,16+/m0/s1. The van der Waals surface area contributed by atoms with Crippen LogP contribution >= 0.6 is 0 Å². The number of nitrogens with zero attached hydrogens (tertiary/aromatic N) is 2. The third-order valence-corrected chi connectivity index (χ3v) is 5.19. The van der Waals surface area contributed by atoms with Crippen LogP contribution in [-0.4, -0.2) is 53.7 Å². The van der Waals surface area contributed by atoms with Crippen molar-refractivity contribution in [1.29, 1.82) is 0 Å². The number of fused-ring (bicyclic) bond motifs is 1. The molecular formula is C16H28N2O2. The molecule has 0 aliphatic carbocycles. The second-order valence-corrected chi connectivity index (χ2v) is 7.28. The summed E-state index contributed by atoms with van der Waals surface area (Å²) in [5.41, 5.74) is 0.324. The summed E-state index contributed by atoms with van der Waals surface area (Å²) in [6.45, 7) is 8.50. The van der Waals surface area contributed by atoms with Gasteiger partial charge in [-0.25, -0.2) is 4.79 Å². The van der Waals surface area contributed by atoms with Crippen molar-refractivity contribution in [2.75, 3.05) is 26.2 Å². The Kier molecular flexibility index (Phi) is 3.93. The van der Waals surface area contributed by atoms with E-state index in [9.17, 15) is 4.79 Å². The highest BCUT2D eigenvalue weighted by molar-refractivity contribution is 5.68. The summed E-state index contributed by atoms with van der Waals surface area (Å²) in [7, 11) is 0. The SMILES string of the molecule is CC(C)C[C@@]12CCCN1C[C@@H](OC(=O)N1CCCC1)C2. The van der Waals surface area contributed by atoms with E-state index in [4.69, 9.17) is 4.74 Å². The fourth-order valence-corrected chi connectivity index (χ4v) is 4.51. The first-order valence-electron chi connectivity index (χ1n) is 8.30. The summed E-state index contributed by atoms with van der Waals surface area (Å²) < 4.78 is 5.78.